The summed E-state index contributed by atoms with van der Waals surface area (Å²) in [5.74, 6) is -0.615. The number of hydrogen-bond acceptors (Lipinski definition) is 6. The third kappa shape index (κ3) is 5.07. The molecule has 2 aliphatic heterocycles. The van der Waals surface area contributed by atoms with Crippen molar-refractivity contribution in [1.29, 1.82) is 0 Å². The number of rotatable bonds is 3. The smallest absolute Gasteiger partial charge is 0.297 e. The quantitative estimate of drug-likeness (QED) is 0.746. The lowest BCUT2D eigenvalue weighted by atomic mass is 10.2. The summed E-state index contributed by atoms with van der Waals surface area (Å²) in [6, 6.07) is 4.79. The SMILES string of the molecule is O=C1CCN(C(=O)C2CCCO2)CCN(c2nc(C(F)F)nc3ccc(Cl)cc23)CCN1. The number of nitrogens with one attached hydrogen (secondary N) is 1. The Morgan fingerprint density at radius 3 is 2.81 bits per heavy atom. The largest absolute Gasteiger partial charge is 0.368 e. The normalized spacial score (nSPS) is 20.6. The molecule has 8 nitrogen and oxygen atoms in total. The summed E-state index contributed by atoms with van der Waals surface area (Å²) < 4.78 is 32.5. The molecule has 4 rings (SSSR count). The van der Waals surface area contributed by atoms with E-state index in [1.165, 1.54) is 0 Å². The topological polar surface area (TPSA) is 87.7 Å². The third-order valence-electron chi connectivity index (χ3n) is 5.62. The number of ether oxygens (including phenoxy) is 1. The molecule has 2 aromatic rings. The maximum Gasteiger partial charge on any atom is 0.297 e. The van der Waals surface area contributed by atoms with Gasteiger partial charge in [-0.2, -0.15) is 0 Å². The molecule has 0 radical (unpaired) electrons. The Morgan fingerprint density at radius 1 is 1.22 bits per heavy atom. The molecule has 172 valence electrons. The van der Waals surface area contributed by atoms with E-state index in [1.807, 2.05) is 0 Å². The Balaban J connectivity index is 1.66. The van der Waals surface area contributed by atoms with Crippen molar-refractivity contribution in [1.82, 2.24) is 20.2 Å². The van der Waals surface area contributed by atoms with E-state index in [0.29, 0.717) is 61.0 Å². The minimum Gasteiger partial charge on any atom is -0.368 e. The van der Waals surface area contributed by atoms with E-state index in [0.717, 1.165) is 6.42 Å². The first-order valence-electron chi connectivity index (χ1n) is 10.6. The molecule has 1 aromatic carbocycles. The molecule has 2 amide bonds. The summed E-state index contributed by atoms with van der Waals surface area (Å²) in [6.45, 7) is 2.10. The molecule has 0 saturated carbocycles. The molecule has 1 N–H and O–H groups in total. The molecule has 0 bridgehead atoms. The zero-order valence-corrected chi connectivity index (χ0v) is 18.2. The maximum atomic E-state index is 13.5. The van der Waals surface area contributed by atoms with Crippen LogP contribution in [0.2, 0.25) is 5.02 Å². The van der Waals surface area contributed by atoms with Gasteiger partial charge in [0.1, 0.15) is 11.9 Å². The molecule has 2 fully saturated rings. The molecule has 1 atom stereocenters. The van der Waals surface area contributed by atoms with E-state index in [9.17, 15) is 18.4 Å². The second kappa shape index (κ2) is 9.91. The molecule has 1 aromatic heterocycles. The summed E-state index contributed by atoms with van der Waals surface area (Å²) in [5.41, 5.74) is 0.350. The highest BCUT2D eigenvalue weighted by atomic mass is 35.5. The number of anilines is 1. The van der Waals surface area contributed by atoms with Crippen LogP contribution in [0.25, 0.3) is 10.9 Å². The lowest BCUT2D eigenvalue weighted by molar-refractivity contribution is -0.141. The fourth-order valence-corrected chi connectivity index (χ4v) is 4.14. The molecule has 0 aliphatic carbocycles. The van der Waals surface area contributed by atoms with E-state index in [1.54, 1.807) is 28.0 Å². The highest BCUT2D eigenvalue weighted by Crippen LogP contribution is 2.29. The van der Waals surface area contributed by atoms with Crippen LogP contribution in [0.1, 0.15) is 31.5 Å². The van der Waals surface area contributed by atoms with Gasteiger partial charge >= 0.3 is 0 Å². The van der Waals surface area contributed by atoms with Crippen LogP contribution in [0.4, 0.5) is 14.6 Å². The van der Waals surface area contributed by atoms with Crippen molar-refractivity contribution < 1.29 is 23.1 Å². The lowest BCUT2D eigenvalue weighted by Crippen LogP contribution is -2.47. The van der Waals surface area contributed by atoms with Gasteiger partial charge in [0.25, 0.3) is 12.3 Å². The van der Waals surface area contributed by atoms with Gasteiger partial charge in [0.15, 0.2) is 5.82 Å². The van der Waals surface area contributed by atoms with Crippen molar-refractivity contribution in [2.75, 3.05) is 44.2 Å². The molecule has 32 heavy (non-hydrogen) atoms. The average molecular weight is 468 g/mol. The van der Waals surface area contributed by atoms with Gasteiger partial charge in [-0.25, -0.2) is 18.7 Å². The zero-order chi connectivity index (χ0) is 22.7. The van der Waals surface area contributed by atoms with Gasteiger partial charge in [0, 0.05) is 56.2 Å². The Bertz CT molecular complexity index is 1000. The van der Waals surface area contributed by atoms with Gasteiger partial charge in [-0.1, -0.05) is 11.6 Å². The van der Waals surface area contributed by atoms with Crippen LogP contribution >= 0.6 is 11.6 Å². The third-order valence-corrected chi connectivity index (χ3v) is 5.85. The van der Waals surface area contributed by atoms with Crippen LogP contribution in [0.15, 0.2) is 18.2 Å². The molecular formula is C21H24ClF2N5O3. The van der Waals surface area contributed by atoms with Crippen molar-refractivity contribution in [2.24, 2.45) is 0 Å². The van der Waals surface area contributed by atoms with Crippen LogP contribution in [-0.2, 0) is 14.3 Å². The second-order valence-corrected chi connectivity index (χ2v) is 8.22. The van der Waals surface area contributed by atoms with Crippen molar-refractivity contribution in [2.45, 2.75) is 31.8 Å². The number of carbonyl (C=O) groups excluding carboxylic acids is 2. The summed E-state index contributed by atoms with van der Waals surface area (Å²) >= 11 is 6.15. The maximum absolute atomic E-state index is 13.5. The van der Waals surface area contributed by atoms with Crippen molar-refractivity contribution in [3.05, 3.63) is 29.0 Å². The van der Waals surface area contributed by atoms with E-state index >= 15 is 0 Å². The van der Waals surface area contributed by atoms with E-state index < -0.39 is 18.4 Å². The van der Waals surface area contributed by atoms with Crippen LogP contribution in [0, 0.1) is 0 Å². The van der Waals surface area contributed by atoms with Crippen molar-refractivity contribution in [3.8, 4) is 0 Å². The molecule has 3 heterocycles. The Morgan fingerprint density at radius 2 is 2.06 bits per heavy atom. The molecule has 11 heteroatoms. The van der Waals surface area contributed by atoms with Gasteiger partial charge in [-0.05, 0) is 31.0 Å². The predicted octanol–water partition coefficient (Wildman–Crippen LogP) is 2.55. The Kier molecular flexibility index (Phi) is 7.00. The first-order chi connectivity index (χ1) is 15.4. The van der Waals surface area contributed by atoms with E-state index in [-0.39, 0.29) is 24.8 Å². The Hall–Kier alpha value is -2.59. The summed E-state index contributed by atoms with van der Waals surface area (Å²) in [7, 11) is 0. The molecular weight excluding hydrogens is 444 g/mol. The van der Waals surface area contributed by atoms with Gasteiger partial charge < -0.3 is 19.9 Å². The average Bonchev–Trinajstić information content (AvgIpc) is 3.31. The monoisotopic (exact) mass is 467 g/mol. The fraction of sp³-hybridized carbons (Fsp3) is 0.524. The van der Waals surface area contributed by atoms with Gasteiger partial charge in [-0.15, -0.1) is 0 Å². The van der Waals surface area contributed by atoms with Crippen molar-refractivity contribution in [3.63, 3.8) is 0 Å². The number of nitrogens with zero attached hydrogens (tertiary/aromatic N) is 4. The van der Waals surface area contributed by atoms with Crippen LogP contribution in [0.5, 0.6) is 0 Å². The van der Waals surface area contributed by atoms with Crippen LogP contribution in [0.3, 0.4) is 0 Å². The van der Waals surface area contributed by atoms with Crippen LogP contribution < -0.4 is 10.2 Å². The fourth-order valence-electron chi connectivity index (χ4n) is 3.97. The van der Waals surface area contributed by atoms with Crippen molar-refractivity contribution >= 4 is 40.1 Å². The van der Waals surface area contributed by atoms with Gasteiger partial charge in [-0.3, -0.25) is 9.59 Å². The highest BCUT2D eigenvalue weighted by molar-refractivity contribution is 6.31. The van der Waals surface area contributed by atoms with E-state index in [2.05, 4.69) is 15.3 Å². The summed E-state index contributed by atoms with van der Waals surface area (Å²) in [6.07, 6.45) is -1.68. The standard InChI is InChI=1S/C21H24ClF2N5O3/c22-13-3-4-15-14(12-13)20(27-19(26-15)18(23)24)28-8-6-25-17(30)5-7-29(10-9-28)21(31)16-2-1-11-32-16/h3-4,12,16,18H,1-2,5-11H2,(H,25,30). The molecule has 1 unspecified atom stereocenters. The number of alkyl halides is 2. The zero-order valence-electron chi connectivity index (χ0n) is 17.4. The minimum absolute atomic E-state index is 0.153. The number of amides is 2. The Labute approximate surface area is 188 Å². The molecule has 2 aliphatic rings. The highest BCUT2D eigenvalue weighted by Gasteiger charge is 2.29. The second-order valence-electron chi connectivity index (χ2n) is 7.78. The summed E-state index contributed by atoms with van der Waals surface area (Å²) in [5, 5.41) is 3.77. The number of hydrogen-bond donors (Lipinski definition) is 1. The van der Waals surface area contributed by atoms with Crippen LogP contribution in [-0.4, -0.2) is 72.1 Å². The number of halogens is 3. The van der Waals surface area contributed by atoms with Gasteiger partial charge in [0.2, 0.25) is 5.91 Å². The predicted molar refractivity (Wildman–Crippen MR) is 115 cm³/mol. The number of benzene rings is 1. The molecule has 0 spiro atoms. The van der Waals surface area contributed by atoms with E-state index in [4.69, 9.17) is 16.3 Å². The molecule has 2 saturated heterocycles. The number of aromatic nitrogens is 2. The first kappa shape index (κ1) is 22.6. The lowest BCUT2D eigenvalue weighted by Gasteiger charge is -2.31. The summed E-state index contributed by atoms with van der Waals surface area (Å²) in [4.78, 5) is 36.6. The number of fused-ring (bicyclic) bond motifs is 1. The van der Waals surface area contributed by atoms with Gasteiger partial charge in [0.05, 0.1) is 5.52 Å². The first-order valence-corrected chi connectivity index (χ1v) is 11.0. The number of carbonyl (C=O) groups is 2. The minimum atomic E-state index is -2.84.